The zero-order valence-corrected chi connectivity index (χ0v) is 29.3. The normalized spacial score (nSPS) is 21.3. The minimum absolute atomic E-state index is 0.00870. The van der Waals surface area contributed by atoms with Crippen LogP contribution in [0.15, 0.2) is 6.33 Å². The number of nitrogens with zero attached hydrogens (tertiary/aromatic N) is 5. The van der Waals surface area contributed by atoms with E-state index in [-0.39, 0.29) is 36.8 Å². The monoisotopic (exact) mass is 693 g/mol. The van der Waals surface area contributed by atoms with Gasteiger partial charge in [0.1, 0.15) is 11.2 Å². The van der Waals surface area contributed by atoms with Crippen LogP contribution < -0.4 is 4.90 Å². The van der Waals surface area contributed by atoms with Gasteiger partial charge in [-0.15, -0.1) is 0 Å². The fourth-order valence-corrected chi connectivity index (χ4v) is 6.42. The number of Topliss-reactive ketones (excluding diaryl/α,β-unsaturated/α-hetero) is 1. The van der Waals surface area contributed by atoms with Gasteiger partial charge in [0.25, 0.3) is 0 Å². The Morgan fingerprint density at radius 3 is 2.09 bits per heavy atom. The third-order valence-electron chi connectivity index (χ3n) is 6.36. The van der Waals surface area contributed by atoms with Crippen LogP contribution in [0.3, 0.4) is 0 Å². The van der Waals surface area contributed by atoms with E-state index in [1.54, 1.807) is 62.3 Å². The van der Waals surface area contributed by atoms with Gasteiger partial charge in [0, 0.05) is 5.92 Å². The number of imidazole rings is 1. The Morgan fingerprint density at radius 1 is 1.07 bits per heavy atom. The topological polar surface area (TPSA) is 170 Å². The summed E-state index contributed by atoms with van der Waals surface area (Å²) < 4.78 is 63.5. The highest BCUT2D eigenvalue weighted by molar-refractivity contribution is 7.55. The first-order valence-electron chi connectivity index (χ1n) is 14.7. The molecule has 0 spiro atoms. The van der Waals surface area contributed by atoms with Crippen molar-refractivity contribution in [2.24, 2.45) is 5.92 Å². The van der Waals surface area contributed by atoms with Crippen molar-refractivity contribution in [3.63, 3.8) is 0 Å². The predicted molar refractivity (Wildman–Crippen MR) is 165 cm³/mol. The second-order valence-electron chi connectivity index (χ2n) is 12.5. The number of anilines is 1. The SMILES string of the molecule is CCOP(=O)(OCC)C(OC[C@H]1O[C@@H](n2cnc3c(N(C(=O)OC(C)(C)C)C(=O)OC(C)(C)C)nc(Cl)nc32)[C@@H](F)[C@@H]1C)C(C)=O. The average molecular weight is 694 g/mol. The summed E-state index contributed by atoms with van der Waals surface area (Å²) in [7, 11) is -3.99. The van der Waals surface area contributed by atoms with E-state index in [0.29, 0.717) is 4.90 Å². The summed E-state index contributed by atoms with van der Waals surface area (Å²) in [5.74, 6) is -3.28. The number of carbonyl (C=O) groups excluding carboxylic acids is 3. The molecule has 2 amide bonds. The Hall–Kier alpha value is -2.75. The number of rotatable bonds is 11. The van der Waals surface area contributed by atoms with E-state index < -0.39 is 72.3 Å². The molecule has 2 aromatic heterocycles. The van der Waals surface area contributed by atoms with E-state index in [1.807, 2.05) is 0 Å². The number of aromatic nitrogens is 4. The number of imide groups is 1. The molecule has 0 aliphatic carbocycles. The highest BCUT2D eigenvalue weighted by Gasteiger charge is 2.47. The second-order valence-corrected chi connectivity index (χ2v) is 14.9. The van der Waals surface area contributed by atoms with Crippen molar-refractivity contribution >= 4 is 54.1 Å². The number of halogens is 2. The quantitative estimate of drug-likeness (QED) is 0.192. The first-order valence-corrected chi connectivity index (χ1v) is 16.7. The summed E-state index contributed by atoms with van der Waals surface area (Å²) in [5, 5.41) is -0.394. The van der Waals surface area contributed by atoms with E-state index in [2.05, 4.69) is 15.0 Å². The molecular weight excluding hydrogens is 652 g/mol. The lowest BCUT2D eigenvalue weighted by molar-refractivity contribution is -0.128. The molecule has 1 saturated heterocycles. The molecule has 46 heavy (non-hydrogen) atoms. The van der Waals surface area contributed by atoms with Gasteiger partial charge in [-0.05, 0) is 73.9 Å². The minimum Gasteiger partial charge on any atom is -0.443 e. The van der Waals surface area contributed by atoms with Gasteiger partial charge in [-0.1, -0.05) is 6.92 Å². The smallest absolute Gasteiger partial charge is 0.425 e. The van der Waals surface area contributed by atoms with Crippen molar-refractivity contribution in [2.75, 3.05) is 24.7 Å². The first-order chi connectivity index (χ1) is 21.2. The number of ether oxygens (including phenoxy) is 4. The van der Waals surface area contributed by atoms with Crippen LogP contribution in [-0.2, 0) is 37.4 Å². The van der Waals surface area contributed by atoms with E-state index in [9.17, 15) is 18.9 Å². The van der Waals surface area contributed by atoms with Gasteiger partial charge in [-0.2, -0.15) is 14.9 Å². The fraction of sp³-hybridized carbons (Fsp3) is 0.714. The van der Waals surface area contributed by atoms with Crippen molar-refractivity contribution in [3.8, 4) is 0 Å². The van der Waals surface area contributed by atoms with Gasteiger partial charge in [0.15, 0.2) is 35.2 Å². The summed E-state index contributed by atoms with van der Waals surface area (Å²) in [6.07, 6.45) is -4.94. The summed E-state index contributed by atoms with van der Waals surface area (Å²) in [5.41, 5.74) is -2.17. The van der Waals surface area contributed by atoms with E-state index in [1.165, 1.54) is 17.8 Å². The third kappa shape index (κ3) is 8.78. The maximum Gasteiger partial charge on any atom is 0.425 e. The number of carbonyl (C=O) groups is 3. The first kappa shape index (κ1) is 37.7. The molecule has 0 radical (unpaired) electrons. The van der Waals surface area contributed by atoms with Crippen molar-refractivity contribution in [2.45, 2.75) is 105 Å². The molecule has 15 nitrogen and oxygen atoms in total. The number of ketones is 1. The van der Waals surface area contributed by atoms with Crippen LogP contribution in [0.1, 0.15) is 75.5 Å². The maximum absolute atomic E-state index is 15.8. The van der Waals surface area contributed by atoms with E-state index >= 15 is 4.39 Å². The van der Waals surface area contributed by atoms with E-state index in [0.717, 1.165) is 0 Å². The van der Waals surface area contributed by atoms with Crippen LogP contribution in [0.4, 0.5) is 19.8 Å². The van der Waals surface area contributed by atoms with Crippen molar-refractivity contribution in [3.05, 3.63) is 11.6 Å². The Balaban J connectivity index is 1.98. The van der Waals surface area contributed by atoms with Crippen LogP contribution in [0.5, 0.6) is 0 Å². The predicted octanol–water partition coefficient (Wildman–Crippen LogP) is 6.23. The number of amides is 2. The fourth-order valence-electron chi connectivity index (χ4n) is 4.48. The second kappa shape index (κ2) is 14.6. The van der Waals surface area contributed by atoms with Crippen LogP contribution in [-0.4, -0.2) is 86.6 Å². The largest absolute Gasteiger partial charge is 0.443 e. The Kier molecular flexibility index (Phi) is 11.9. The molecule has 1 unspecified atom stereocenters. The summed E-state index contributed by atoms with van der Waals surface area (Å²) in [4.78, 5) is 52.0. The van der Waals surface area contributed by atoms with Crippen molar-refractivity contribution in [1.82, 2.24) is 19.5 Å². The molecule has 258 valence electrons. The molecule has 0 bridgehead atoms. The van der Waals surface area contributed by atoms with Crippen molar-refractivity contribution in [1.29, 1.82) is 0 Å². The number of fused-ring (bicyclic) bond motifs is 1. The van der Waals surface area contributed by atoms with E-state index in [4.69, 9.17) is 39.6 Å². The van der Waals surface area contributed by atoms with Gasteiger partial charge < -0.3 is 28.0 Å². The van der Waals surface area contributed by atoms with Gasteiger partial charge in [-0.25, -0.2) is 19.0 Å². The van der Waals surface area contributed by atoms with Crippen LogP contribution in [0, 0.1) is 5.92 Å². The molecule has 0 saturated carbocycles. The zero-order valence-electron chi connectivity index (χ0n) is 27.6. The highest BCUT2D eigenvalue weighted by Crippen LogP contribution is 2.54. The van der Waals surface area contributed by atoms with Gasteiger partial charge in [0.05, 0.1) is 32.3 Å². The minimum atomic E-state index is -3.99. The lowest BCUT2D eigenvalue weighted by Gasteiger charge is -2.28. The molecule has 3 heterocycles. The Labute approximate surface area is 271 Å². The standard InChI is InChI=1S/C28H42ClFN5O10P/c1-11-41-46(39,42-12-2)23(16(4)36)40-13-17-15(3)18(30)22(43-17)34-14-31-19-20(34)32-24(29)33-21(19)35(25(37)44-27(5,6)7)26(38)45-28(8,9)10/h14-15,17-18,22-23H,11-13H2,1-10H3/t15-,17-,18+,22-,23?/m1/s1. The molecule has 0 N–H and O–H groups in total. The summed E-state index contributed by atoms with van der Waals surface area (Å²) in [6.45, 7) is 15.3. The molecule has 3 rings (SSSR count). The maximum atomic E-state index is 15.8. The lowest BCUT2D eigenvalue weighted by Crippen LogP contribution is -2.44. The summed E-state index contributed by atoms with van der Waals surface area (Å²) in [6, 6.07) is 0. The lowest BCUT2D eigenvalue weighted by atomic mass is 10.0. The number of alkyl halides is 1. The van der Waals surface area contributed by atoms with Gasteiger partial charge in [-0.3, -0.25) is 13.9 Å². The molecular formula is C28H42ClFN5O10P. The molecule has 1 fully saturated rings. The molecule has 5 atom stereocenters. The third-order valence-corrected chi connectivity index (χ3v) is 8.85. The Bertz CT molecular complexity index is 1440. The number of hydrogen-bond donors (Lipinski definition) is 0. The van der Waals surface area contributed by atoms with Crippen LogP contribution in [0.25, 0.3) is 11.2 Å². The average Bonchev–Trinajstić information content (AvgIpc) is 3.42. The Morgan fingerprint density at radius 2 is 1.61 bits per heavy atom. The van der Waals surface area contributed by atoms with Gasteiger partial charge >= 0.3 is 19.8 Å². The summed E-state index contributed by atoms with van der Waals surface area (Å²) >= 11 is 6.25. The molecule has 2 aromatic rings. The van der Waals surface area contributed by atoms with Crippen LogP contribution >= 0.6 is 19.2 Å². The van der Waals surface area contributed by atoms with Crippen LogP contribution in [0.2, 0.25) is 5.28 Å². The van der Waals surface area contributed by atoms with Crippen molar-refractivity contribution < 1.29 is 51.3 Å². The highest BCUT2D eigenvalue weighted by atomic mass is 35.5. The molecule has 0 aromatic carbocycles. The molecule has 1 aliphatic heterocycles. The van der Waals surface area contributed by atoms with Gasteiger partial charge in [0.2, 0.25) is 11.1 Å². The number of hydrogen-bond acceptors (Lipinski definition) is 13. The molecule has 18 heteroatoms. The zero-order chi connectivity index (χ0) is 34.8. The molecule has 1 aliphatic rings.